The van der Waals surface area contributed by atoms with Crippen molar-refractivity contribution in [3.8, 4) is 0 Å². The van der Waals surface area contributed by atoms with E-state index in [-0.39, 0.29) is 11.6 Å². The fraction of sp³-hybridized carbons (Fsp3) is 0.533. The summed E-state index contributed by atoms with van der Waals surface area (Å²) in [6.45, 7) is 4.28. The standard InChI is InChI=1S/C15H21F2N3O/c1-8-3-4-13(9(2)5-8)19-15(21)10-6-11(16)14(20-18)12(17)7-10/h6-9,13,20H,3-5,18H2,1-2H3,(H,19,21). The van der Waals surface area contributed by atoms with Gasteiger partial charge in [-0.1, -0.05) is 13.8 Å². The zero-order valence-corrected chi connectivity index (χ0v) is 12.2. The van der Waals surface area contributed by atoms with Crippen LogP contribution in [0, 0.1) is 23.5 Å². The number of nitrogens with two attached hydrogens (primary N) is 1. The molecule has 2 rings (SSSR count). The second-order valence-electron chi connectivity index (χ2n) is 5.93. The van der Waals surface area contributed by atoms with E-state index in [4.69, 9.17) is 5.84 Å². The molecule has 116 valence electrons. The highest BCUT2D eigenvalue weighted by atomic mass is 19.1. The first kappa shape index (κ1) is 15.7. The lowest BCUT2D eigenvalue weighted by Crippen LogP contribution is -2.42. The topological polar surface area (TPSA) is 67.2 Å². The van der Waals surface area contributed by atoms with Crippen molar-refractivity contribution in [2.24, 2.45) is 17.7 Å². The predicted octanol–water partition coefficient (Wildman–Crippen LogP) is 2.80. The van der Waals surface area contributed by atoms with Crippen LogP contribution in [0.2, 0.25) is 0 Å². The Morgan fingerprint density at radius 2 is 1.86 bits per heavy atom. The minimum Gasteiger partial charge on any atom is -0.349 e. The van der Waals surface area contributed by atoms with Gasteiger partial charge in [-0.2, -0.15) is 0 Å². The molecular formula is C15H21F2N3O. The number of carbonyl (C=O) groups is 1. The summed E-state index contributed by atoms with van der Waals surface area (Å²) in [5.74, 6) is 3.82. The quantitative estimate of drug-likeness (QED) is 0.593. The van der Waals surface area contributed by atoms with Crippen LogP contribution in [0.4, 0.5) is 14.5 Å². The third kappa shape index (κ3) is 3.50. The van der Waals surface area contributed by atoms with Crippen LogP contribution in [0.5, 0.6) is 0 Å². The van der Waals surface area contributed by atoms with Crippen molar-refractivity contribution >= 4 is 11.6 Å². The molecular weight excluding hydrogens is 276 g/mol. The molecule has 4 N–H and O–H groups in total. The minimum atomic E-state index is -0.882. The highest BCUT2D eigenvalue weighted by Gasteiger charge is 2.27. The van der Waals surface area contributed by atoms with E-state index in [1.54, 1.807) is 0 Å². The molecule has 0 aromatic heterocycles. The SMILES string of the molecule is CC1CCC(NC(=O)c2cc(F)c(NN)c(F)c2)C(C)C1. The number of benzene rings is 1. The molecule has 1 aliphatic carbocycles. The Morgan fingerprint density at radius 3 is 2.38 bits per heavy atom. The first-order chi connectivity index (χ1) is 9.92. The monoisotopic (exact) mass is 297 g/mol. The Morgan fingerprint density at radius 1 is 1.24 bits per heavy atom. The van der Waals surface area contributed by atoms with E-state index in [9.17, 15) is 13.6 Å². The highest BCUT2D eigenvalue weighted by Crippen LogP contribution is 2.29. The van der Waals surface area contributed by atoms with Crippen LogP contribution in [0.1, 0.15) is 43.5 Å². The van der Waals surface area contributed by atoms with Crippen LogP contribution in [-0.4, -0.2) is 11.9 Å². The fourth-order valence-corrected chi connectivity index (χ4v) is 2.97. The van der Waals surface area contributed by atoms with Gasteiger partial charge in [0, 0.05) is 11.6 Å². The van der Waals surface area contributed by atoms with Crippen LogP contribution in [-0.2, 0) is 0 Å². The van der Waals surface area contributed by atoms with Crippen molar-refractivity contribution in [2.75, 3.05) is 5.43 Å². The van der Waals surface area contributed by atoms with Crippen molar-refractivity contribution in [1.82, 2.24) is 5.32 Å². The number of nitrogens with one attached hydrogen (secondary N) is 2. The zero-order chi connectivity index (χ0) is 15.6. The molecule has 1 aromatic carbocycles. The van der Waals surface area contributed by atoms with E-state index in [0.29, 0.717) is 11.8 Å². The van der Waals surface area contributed by atoms with E-state index in [0.717, 1.165) is 31.4 Å². The predicted molar refractivity (Wildman–Crippen MR) is 77.6 cm³/mol. The first-order valence-corrected chi connectivity index (χ1v) is 7.19. The number of amides is 1. The summed E-state index contributed by atoms with van der Waals surface area (Å²) in [6, 6.07) is 2.03. The van der Waals surface area contributed by atoms with E-state index in [2.05, 4.69) is 19.2 Å². The molecule has 3 unspecified atom stereocenters. The molecule has 1 amide bonds. The Labute approximate surface area is 123 Å². The number of anilines is 1. The lowest BCUT2D eigenvalue weighted by molar-refractivity contribution is 0.0898. The molecule has 1 fully saturated rings. The van der Waals surface area contributed by atoms with Gasteiger partial charge in [0.05, 0.1) is 0 Å². The van der Waals surface area contributed by atoms with E-state index >= 15 is 0 Å². The van der Waals surface area contributed by atoms with Crippen LogP contribution < -0.4 is 16.6 Å². The number of hydrazine groups is 1. The fourth-order valence-electron chi connectivity index (χ4n) is 2.97. The van der Waals surface area contributed by atoms with Gasteiger partial charge in [0.15, 0.2) is 11.6 Å². The number of nitrogen functional groups attached to an aromatic ring is 1. The summed E-state index contributed by atoms with van der Waals surface area (Å²) in [4.78, 5) is 12.1. The van der Waals surface area contributed by atoms with Crippen molar-refractivity contribution in [1.29, 1.82) is 0 Å². The van der Waals surface area contributed by atoms with Gasteiger partial charge in [-0.25, -0.2) is 8.78 Å². The number of hydrogen-bond donors (Lipinski definition) is 3. The summed E-state index contributed by atoms with van der Waals surface area (Å²) >= 11 is 0. The molecule has 21 heavy (non-hydrogen) atoms. The van der Waals surface area contributed by atoms with Gasteiger partial charge < -0.3 is 10.7 Å². The average molecular weight is 297 g/mol. The number of hydrogen-bond acceptors (Lipinski definition) is 3. The maximum atomic E-state index is 13.6. The van der Waals surface area contributed by atoms with Crippen molar-refractivity contribution in [3.63, 3.8) is 0 Å². The second-order valence-corrected chi connectivity index (χ2v) is 5.93. The van der Waals surface area contributed by atoms with Crippen molar-refractivity contribution in [3.05, 3.63) is 29.3 Å². The highest BCUT2D eigenvalue weighted by molar-refractivity contribution is 5.94. The smallest absolute Gasteiger partial charge is 0.251 e. The third-order valence-corrected chi connectivity index (χ3v) is 4.20. The molecule has 6 heteroatoms. The molecule has 3 atom stereocenters. The van der Waals surface area contributed by atoms with Gasteiger partial charge in [0.1, 0.15) is 5.69 Å². The van der Waals surface area contributed by atoms with Gasteiger partial charge in [0.2, 0.25) is 0 Å². The lowest BCUT2D eigenvalue weighted by Gasteiger charge is -2.33. The number of carbonyl (C=O) groups excluding carboxylic acids is 1. The normalized spacial score (nSPS) is 25.5. The second kappa shape index (κ2) is 6.39. The minimum absolute atomic E-state index is 0.0326. The van der Waals surface area contributed by atoms with Crippen LogP contribution in [0.15, 0.2) is 12.1 Å². The molecule has 0 heterocycles. The average Bonchev–Trinajstić information content (AvgIpc) is 2.41. The van der Waals surface area contributed by atoms with Crippen LogP contribution in [0.3, 0.4) is 0 Å². The molecule has 1 aromatic rings. The Balaban J connectivity index is 2.10. The maximum absolute atomic E-state index is 13.6. The summed E-state index contributed by atoms with van der Waals surface area (Å²) in [6.07, 6.45) is 2.99. The number of rotatable bonds is 3. The maximum Gasteiger partial charge on any atom is 0.251 e. The van der Waals surface area contributed by atoms with Gasteiger partial charge in [-0.05, 0) is 43.2 Å². The molecule has 0 saturated heterocycles. The third-order valence-electron chi connectivity index (χ3n) is 4.20. The van der Waals surface area contributed by atoms with Crippen LogP contribution in [0.25, 0.3) is 0 Å². The molecule has 0 radical (unpaired) electrons. The molecule has 0 spiro atoms. The summed E-state index contributed by atoms with van der Waals surface area (Å²) < 4.78 is 27.2. The first-order valence-electron chi connectivity index (χ1n) is 7.19. The van der Waals surface area contributed by atoms with E-state index < -0.39 is 23.2 Å². The van der Waals surface area contributed by atoms with Gasteiger partial charge in [-0.15, -0.1) is 0 Å². The molecule has 4 nitrogen and oxygen atoms in total. The van der Waals surface area contributed by atoms with Gasteiger partial charge in [0.25, 0.3) is 5.91 Å². The number of halogens is 2. The zero-order valence-electron chi connectivity index (χ0n) is 12.2. The van der Waals surface area contributed by atoms with Crippen molar-refractivity contribution in [2.45, 2.75) is 39.2 Å². The lowest BCUT2D eigenvalue weighted by atomic mass is 9.80. The largest absolute Gasteiger partial charge is 0.349 e. The van der Waals surface area contributed by atoms with E-state index in [1.165, 1.54) is 0 Å². The van der Waals surface area contributed by atoms with Crippen LogP contribution >= 0.6 is 0 Å². The Bertz CT molecular complexity index is 513. The molecule has 1 saturated carbocycles. The van der Waals surface area contributed by atoms with Gasteiger partial charge >= 0.3 is 0 Å². The molecule has 1 aliphatic rings. The van der Waals surface area contributed by atoms with Crippen molar-refractivity contribution < 1.29 is 13.6 Å². The Kier molecular flexibility index (Phi) is 4.77. The van der Waals surface area contributed by atoms with Gasteiger partial charge in [-0.3, -0.25) is 10.6 Å². The Hall–Kier alpha value is -1.69. The van der Waals surface area contributed by atoms with E-state index in [1.807, 2.05) is 5.43 Å². The molecule has 0 aliphatic heterocycles. The summed E-state index contributed by atoms with van der Waals surface area (Å²) in [5.41, 5.74) is 1.47. The molecule has 0 bridgehead atoms. The summed E-state index contributed by atoms with van der Waals surface area (Å²) in [5, 5.41) is 2.87. The summed E-state index contributed by atoms with van der Waals surface area (Å²) in [7, 11) is 0.